The lowest BCUT2D eigenvalue weighted by molar-refractivity contribution is 0.386. The number of unbranched alkanes of at least 4 members (excludes halogenated alkanes) is 1. The average Bonchev–Trinajstić information content (AvgIpc) is 2.48. The van der Waals surface area contributed by atoms with Crippen molar-refractivity contribution in [2.24, 2.45) is 5.10 Å². The molecular weight excluding hydrogens is 180 g/mol. The fourth-order valence-corrected chi connectivity index (χ4v) is 1.76. The summed E-state index contributed by atoms with van der Waals surface area (Å²) in [7, 11) is 1.94. The molecule has 0 N–H and O–H groups in total. The highest BCUT2D eigenvalue weighted by molar-refractivity contribution is 8.15. The third-order valence-corrected chi connectivity index (χ3v) is 2.74. The fourth-order valence-electron chi connectivity index (χ4n) is 0.918. The van der Waals surface area contributed by atoms with Crippen LogP contribution in [-0.2, 0) is 0 Å². The molecule has 0 aromatic heterocycles. The van der Waals surface area contributed by atoms with Gasteiger partial charge in [-0.2, -0.15) is 5.10 Å². The van der Waals surface area contributed by atoms with E-state index in [9.17, 15) is 0 Å². The van der Waals surface area contributed by atoms with Gasteiger partial charge >= 0.3 is 0 Å². The van der Waals surface area contributed by atoms with Gasteiger partial charge in [0.15, 0.2) is 5.37 Å². The van der Waals surface area contributed by atoms with E-state index in [-0.39, 0.29) is 5.37 Å². The van der Waals surface area contributed by atoms with E-state index in [1.165, 1.54) is 0 Å². The van der Waals surface area contributed by atoms with Crippen molar-refractivity contribution < 1.29 is 0 Å². The Kier molecular flexibility index (Phi) is 3.91. The van der Waals surface area contributed by atoms with E-state index in [2.05, 4.69) is 30.4 Å². The smallest absolute Gasteiger partial charge is 0.158 e. The molecule has 0 fully saturated rings. The zero-order chi connectivity index (χ0) is 9.68. The van der Waals surface area contributed by atoms with Crippen LogP contribution in [-0.4, -0.2) is 22.5 Å². The number of nitrogens with zero attached hydrogens (tertiary/aromatic N) is 2. The maximum absolute atomic E-state index is 4.26. The lowest BCUT2D eigenvalue weighted by Crippen LogP contribution is -2.17. The van der Waals surface area contributed by atoms with Crippen LogP contribution in [0, 0.1) is 11.8 Å². The van der Waals surface area contributed by atoms with E-state index in [4.69, 9.17) is 0 Å². The lowest BCUT2D eigenvalue weighted by atomic mass is 10.3. The van der Waals surface area contributed by atoms with Gasteiger partial charge in [0.2, 0.25) is 0 Å². The van der Waals surface area contributed by atoms with E-state index < -0.39 is 0 Å². The van der Waals surface area contributed by atoms with Crippen LogP contribution in [0.2, 0.25) is 0 Å². The van der Waals surface area contributed by atoms with Crippen LogP contribution in [0.25, 0.3) is 0 Å². The molecule has 2 nitrogen and oxygen atoms in total. The molecule has 1 unspecified atom stereocenters. The number of hydrazone groups is 1. The van der Waals surface area contributed by atoms with Crippen molar-refractivity contribution in [2.45, 2.75) is 25.1 Å². The molecule has 70 valence electrons. The van der Waals surface area contributed by atoms with Gasteiger partial charge in [0.1, 0.15) is 5.04 Å². The first kappa shape index (κ1) is 10.2. The van der Waals surface area contributed by atoms with Gasteiger partial charge in [-0.25, -0.2) is 0 Å². The first-order valence-electron chi connectivity index (χ1n) is 4.37. The summed E-state index contributed by atoms with van der Waals surface area (Å²) in [5.41, 5.74) is 0. The van der Waals surface area contributed by atoms with E-state index in [0.29, 0.717) is 0 Å². The molecular formula is C10H14N2S. The van der Waals surface area contributed by atoms with Gasteiger partial charge in [0.05, 0.1) is 0 Å². The molecule has 0 saturated heterocycles. The van der Waals surface area contributed by atoms with Gasteiger partial charge < -0.3 is 0 Å². The van der Waals surface area contributed by atoms with Gasteiger partial charge in [-0.1, -0.05) is 31.2 Å². The van der Waals surface area contributed by atoms with E-state index >= 15 is 0 Å². The van der Waals surface area contributed by atoms with Crippen LogP contribution in [0.15, 0.2) is 17.8 Å². The summed E-state index contributed by atoms with van der Waals surface area (Å²) in [4.78, 5) is 0. The summed E-state index contributed by atoms with van der Waals surface area (Å²) in [5.74, 6) is 6.31. The molecule has 1 aliphatic rings. The van der Waals surface area contributed by atoms with Crippen LogP contribution in [0.5, 0.6) is 0 Å². The molecule has 0 aromatic rings. The van der Waals surface area contributed by atoms with Crippen molar-refractivity contribution >= 4 is 16.8 Å². The summed E-state index contributed by atoms with van der Waals surface area (Å²) in [6.07, 6.45) is 3.85. The highest BCUT2D eigenvalue weighted by Crippen LogP contribution is 2.23. The monoisotopic (exact) mass is 194 g/mol. The quantitative estimate of drug-likeness (QED) is 0.627. The molecule has 0 spiro atoms. The Hall–Kier alpha value is -0.880. The minimum absolute atomic E-state index is 0.180. The average molecular weight is 194 g/mol. The highest BCUT2D eigenvalue weighted by atomic mass is 32.2. The minimum Gasteiger partial charge on any atom is -0.274 e. The second-order valence-electron chi connectivity index (χ2n) is 2.76. The maximum atomic E-state index is 4.26. The van der Waals surface area contributed by atoms with Crippen LogP contribution < -0.4 is 0 Å². The van der Waals surface area contributed by atoms with Gasteiger partial charge in [0.25, 0.3) is 0 Å². The molecule has 0 bridgehead atoms. The number of rotatable bonds is 2. The van der Waals surface area contributed by atoms with Crippen LogP contribution in [0.1, 0.15) is 19.8 Å². The standard InChI is InChI=1S/C10H14N2S/c1-4-6-7-8-10-12(3)11-9(5-2)13-10/h5,10H,2,4,6H2,1,3H3. The highest BCUT2D eigenvalue weighted by Gasteiger charge is 2.19. The SMILES string of the molecule is C=CC1=NN(C)C(C#CCCC)S1. The first-order chi connectivity index (χ1) is 6.27. The molecule has 13 heavy (non-hydrogen) atoms. The Labute approximate surface area is 84.1 Å². The van der Waals surface area contributed by atoms with Gasteiger partial charge in [-0.3, -0.25) is 5.01 Å². The normalized spacial score (nSPS) is 20.6. The molecule has 0 amide bonds. The summed E-state index contributed by atoms with van der Waals surface area (Å²) < 4.78 is 0. The number of thioether (sulfide) groups is 1. The number of hydrogen-bond acceptors (Lipinski definition) is 3. The Balaban J connectivity index is 2.49. The third-order valence-electron chi connectivity index (χ3n) is 1.60. The van der Waals surface area contributed by atoms with Crippen LogP contribution in [0.3, 0.4) is 0 Å². The summed E-state index contributed by atoms with van der Waals surface area (Å²) in [5, 5.41) is 7.28. The van der Waals surface area contributed by atoms with Gasteiger partial charge in [-0.15, -0.1) is 5.92 Å². The molecule has 3 heteroatoms. The first-order valence-corrected chi connectivity index (χ1v) is 5.24. The van der Waals surface area contributed by atoms with Gasteiger partial charge in [-0.05, 0) is 12.5 Å². The molecule has 0 aromatic carbocycles. The predicted molar refractivity (Wildman–Crippen MR) is 59.5 cm³/mol. The lowest BCUT2D eigenvalue weighted by Gasteiger charge is -2.10. The second kappa shape index (κ2) is 4.98. The summed E-state index contributed by atoms with van der Waals surface area (Å²) in [6.45, 7) is 5.81. The summed E-state index contributed by atoms with van der Waals surface area (Å²) >= 11 is 1.65. The third kappa shape index (κ3) is 2.82. The van der Waals surface area contributed by atoms with Crippen LogP contribution in [0.4, 0.5) is 0 Å². The van der Waals surface area contributed by atoms with Crippen molar-refractivity contribution in [1.29, 1.82) is 0 Å². The van der Waals surface area contributed by atoms with E-state index in [1.807, 2.05) is 12.1 Å². The van der Waals surface area contributed by atoms with E-state index in [0.717, 1.165) is 17.9 Å². The summed E-state index contributed by atoms with van der Waals surface area (Å²) in [6, 6.07) is 0. The Bertz CT molecular complexity index is 272. The number of hydrogen-bond donors (Lipinski definition) is 0. The van der Waals surface area contributed by atoms with Gasteiger partial charge in [0, 0.05) is 13.5 Å². The predicted octanol–water partition coefficient (Wildman–Crippen LogP) is 2.29. The van der Waals surface area contributed by atoms with Crippen LogP contribution >= 0.6 is 11.8 Å². The van der Waals surface area contributed by atoms with E-state index in [1.54, 1.807) is 17.8 Å². The largest absolute Gasteiger partial charge is 0.274 e. The zero-order valence-corrected chi connectivity index (χ0v) is 8.90. The molecule has 0 radical (unpaired) electrons. The molecule has 1 rings (SSSR count). The second-order valence-corrected chi connectivity index (χ2v) is 3.86. The van der Waals surface area contributed by atoms with Crippen molar-refractivity contribution in [3.05, 3.63) is 12.7 Å². The van der Waals surface area contributed by atoms with Crippen molar-refractivity contribution in [2.75, 3.05) is 7.05 Å². The molecule has 1 aliphatic heterocycles. The van der Waals surface area contributed by atoms with Crippen molar-refractivity contribution in [3.8, 4) is 11.8 Å². The Morgan fingerprint density at radius 1 is 1.77 bits per heavy atom. The molecule has 1 heterocycles. The fraction of sp³-hybridized carbons (Fsp3) is 0.500. The molecule has 1 atom stereocenters. The maximum Gasteiger partial charge on any atom is 0.158 e. The zero-order valence-electron chi connectivity index (χ0n) is 8.08. The van der Waals surface area contributed by atoms with Crippen molar-refractivity contribution in [3.63, 3.8) is 0 Å². The minimum atomic E-state index is 0.180. The van der Waals surface area contributed by atoms with Crippen molar-refractivity contribution in [1.82, 2.24) is 5.01 Å². The molecule has 0 saturated carbocycles. The topological polar surface area (TPSA) is 15.6 Å². The Morgan fingerprint density at radius 3 is 3.08 bits per heavy atom. The molecule has 0 aliphatic carbocycles. The Morgan fingerprint density at radius 2 is 2.54 bits per heavy atom.